The molecule has 0 unspecified atom stereocenters. The molecule has 7 heteroatoms. The van der Waals surface area contributed by atoms with Crippen molar-refractivity contribution in [1.29, 1.82) is 0 Å². The predicted molar refractivity (Wildman–Crippen MR) is 117 cm³/mol. The molecule has 3 rings (SSSR count). The third-order valence-electron chi connectivity index (χ3n) is 4.98. The first-order valence-electron chi connectivity index (χ1n) is 10.4. The Kier molecular flexibility index (Phi) is 7.17. The van der Waals surface area contributed by atoms with E-state index in [-0.39, 0.29) is 18.4 Å². The molecule has 0 radical (unpaired) electrons. The Morgan fingerprint density at radius 3 is 2.37 bits per heavy atom. The average molecular weight is 408 g/mol. The molecule has 0 aliphatic rings. The maximum atomic E-state index is 13.0. The number of benzene rings is 1. The monoisotopic (exact) mass is 407 g/mol. The van der Waals surface area contributed by atoms with Crippen LogP contribution in [0.25, 0.3) is 11.0 Å². The lowest BCUT2D eigenvalue weighted by Gasteiger charge is -2.23. The lowest BCUT2D eigenvalue weighted by Crippen LogP contribution is -2.36. The molecular weight excluding hydrogens is 378 g/mol. The standard InChI is InChI=1S/C23H29N5O2/c1-4-14-27(15-5-2)22(29)17-28-20-12-7-6-10-18(20)25-21(28)16-26(3)23(30)19-11-8-9-13-24-19/h6-13H,4-5,14-17H2,1-3H3. The molecule has 3 aromatic rings. The largest absolute Gasteiger partial charge is 0.341 e. The highest BCUT2D eigenvalue weighted by molar-refractivity contribution is 5.92. The second-order valence-electron chi connectivity index (χ2n) is 7.36. The first-order chi connectivity index (χ1) is 14.5. The fraction of sp³-hybridized carbons (Fsp3) is 0.391. The van der Waals surface area contributed by atoms with Gasteiger partial charge in [-0.3, -0.25) is 14.6 Å². The SMILES string of the molecule is CCCN(CCC)C(=O)Cn1c(CN(C)C(=O)c2ccccn2)nc2ccccc21. The minimum Gasteiger partial charge on any atom is -0.341 e. The van der Waals surface area contributed by atoms with Crippen LogP contribution in [0.1, 0.15) is 43.0 Å². The summed E-state index contributed by atoms with van der Waals surface area (Å²) in [6.07, 6.45) is 3.44. The lowest BCUT2D eigenvalue weighted by atomic mass is 10.3. The van der Waals surface area contributed by atoms with Crippen LogP contribution in [0.5, 0.6) is 0 Å². The average Bonchev–Trinajstić information content (AvgIpc) is 3.10. The van der Waals surface area contributed by atoms with E-state index in [0.717, 1.165) is 37.0 Å². The quantitative estimate of drug-likeness (QED) is 0.545. The van der Waals surface area contributed by atoms with E-state index in [4.69, 9.17) is 4.98 Å². The number of nitrogens with zero attached hydrogens (tertiary/aromatic N) is 5. The van der Waals surface area contributed by atoms with Crippen LogP contribution in [-0.2, 0) is 17.9 Å². The van der Waals surface area contributed by atoms with Gasteiger partial charge < -0.3 is 14.4 Å². The number of hydrogen-bond acceptors (Lipinski definition) is 4. The van der Waals surface area contributed by atoms with Crippen LogP contribution >= 0.6 is 0 Å². The lowest BCUT2D eigenvalue weighted by molar-refractivity contribution is -0.131. The van der Waals surface area contributed by atoms with Crippen molar-refractivity contribution in [3.05, 3.63) is 60.2 Å². The van der Waals surface area contributed by atoms with Crippen LogP contribution in [-0.4, -0.2) is 56.3 Å². The number of para-hydroxylation sites is 2. The van der Waals surface area contributed by atoms with Crippen LogP contribution in [0.15, 0.2) is 48.7 Å². The summed E-state index contributed by atoms with van der Waals surface area (Å²) in [5.74, 6) is 0.574. The van der Waals surface area contributed by atoms with Crippen LogP contribution < -0.4 is 0 Å². The van der Waals surface area contributed by atoms with Gasteiger partial charge in [-0.15, -0.1) is 0 Å². The minimum atomic E-state index is -0.181. The van der Waals surface area contributed by atoms with Gasteiger partial charge >= 0.3 is 0 Å². The summed E-state index contributed by atoms with van der Waals surface area (Å²) in [5.41, 5.74) is 2.10. The number of rotatable bonds is 9. The van der Waals surface area contributed by atoms with E-state index in [1.807, 2.05) is 33.7 Å². The van der Waals surface area contributed by atoms with Crippen molar-refractivity contribution in [2.45, 2.75) is 39.8 Å². The van der Waals surface area contributed by atoms with E-state index in [0.29, 0.717) is 18.1 Å². The van der Waals surface area contributed by atoms with Gasteiger partial charge in [-0.1, -0.05) is 32.0 Å². The second kappa shape index (κ2) is 10.0. The summed E-state index contributed by atoms with van der Waals surface area (Å²) in [6.45, 7) is 6.14. The Morgan fingerprint density at radius 1 is 1.00 bits per heavy atom. The topological polar surface area (TPSA) is 71.3 Å². The Morgan fingerprint density at radius 2 is 1.70 bits per heavy atom. The summed E-state index contributed by atoms with van der Waals surface area (Å²) in [6, 6.07) is 13.0. The van der Waals surface area contributed by atoms with Crippen molar-refractivity contribution < 1.29 is 9.59 Å². The van der Waals surface area contributed by atoms with Crippen molar-refractivity contribution in [1.82, 2.24) is 24.3 Å². The first kappa shape index (κ1) is 21.5. The summed E-state index contributed by atoms with van der Waals surface area (Å²) in [4.78, 5) is 38.1. The van der Waals surface area contributed by atoms with Crippen molar-refractivity contribution in [2.24, 2.45) is 0 Å². The highest BCUT2D eigenvalue weighted by Gasteiger charge is 2.20. The molecule has 2 aromatic heterocycles. The second-order valence-corrected chi connectivity index (χ2v) is 7.36. The maximum Gasteiger partial charge on any atom is 0.272 e. The first-order valence-corrected chi connectivity index (χ1v) is 10.4. The molecule has 7 nitrogen and oxygen atoms in total. The fourth-order valence-corrected chi connectivity index (χ4v) is 3.53. The van der Waals surface area contributed by atoms with Crippen LogP contribution in [0, 0.1) is 0 Å². The van der Waals surface area contributed by atoms with E-state index < -0.39 is 0 Å². The smallest absolute Gasteiger partial charge is 0.272 e. The minimum absolute atomic E-state index is 0.0711. The Bertz CT molecular complexity index is 993. The molecule has 0 fully saturated rings. The third kappa shape index (κ3) is 4.84. The zero-order chi connectivity index (χ0) is 21.5. The van der Waals surface area contributed by atoms with Gasteiger partial charge in [0, 0.05) is 26.3 Å². The van der Waals surface area contributed by atoms with E-state index in [9.17, 15) is 9.59 Å². The molecule has 0 saturated heterocycles. The molecule has 0 aliphatic carbocycles. The van der Waals surface area contributed by atoms with E-state index in [2.05, 4.69) is 18.8 Å². The van der Waals surface area contributed by atoms with Crippen molar-refractivity contribution >= 4 is 22.8 Å². The van der Waals surface area contributed by atoms with Gasteiger partial charge in [0.1, 0.15) is 18.1 Å². The molecule has 0 N–H and O–H groups in total. The highest BCUT2D eigenvalue weighted by atomic mass is 16.2. The zero-order valence-corrected chi connectivity index (χ0v) is 17.9. The van der Waals surface area contributed by atoms with E-state index >= 15 is 0 Å². The molecular formula is C23H29N5O2. The molecule has 158 valence electrons. The van der Waals surface area contributed by atoms with Crippen molar-refractivity contribution in [2.75, 3.05) is 20.1 Å². The van der Waals surface area contributed by atoms with Crippen LogP contribution in [0.4, 0.5) is 0 Å². The van der Waals surface area contributed by atoms with Crippen molar-refractivity contribution in [3.63, 3.8) is 0 Å². The van der Waals surface area contributed by atoms with Gasteiger partial charge in [-0.25, -0.2) is 4.98 Å². The summed E-state index contributed by atoms with van der Waals surface area (Å²) < 4.78 is 1.93. The number of aromatic nitrogens is 3. The summed E-state index contributed by atoms with van der Waals surface area (Å²) in [7, 11) is 1.73. The van der Waals surface area contributed by atoms with Gasteiger partial charge in [-0.2, -0.15) is 0 Å². The maximum absolute atomic E-state index is 13.0. The van der Waals surface area contributed by atoms with Gasteiger partial charge in [0.15, 0.2) is 0 Å². The predicted octanol–water partition coefficient (Wildman–Crippen LogP) is 3.35. The Balaban J connectivity index is 1.87. The zero-order valence-electron chi connectivity index (χ0n) is 17.9. The Hall–Kier alpha value is -3.22. The molecule has 0 saturated carbocycles. The van der Waals surface area contributed by atoms with Crippen molar-refractivity contribution in [3.8, 4) is 0 Å². The number of carbonyl (C=O) groups is 2. The van der Waals surface area contributed by atoms with Crippen LogP contribution in [0.3, 0.4) is 0 Å². The number of amides is 2. The molecule has 0 spiro atoms. The Labute approximate surface area is 177 Å². The summed E-state index contributed by atoms with van der Waals surface area (Å²) >= 11 is 0. The molecule has 2 amide bonds. The molecule has 0 atom stereocenters. The molecule has 0 aliphatic heterocycles. The number of pyridine rings is 1. The molecule has 0 bridgehead atoms. The number of fused-ring (bicyclic) bond motifs is 1. The highest BCUT2D eigenvalue weighted by Crippen LogP contribution is 2.18. The van der Waals surface area contributed by atoms with Crippen LogP contribution in [0.2, 0.25) is 0 Å². The van der Waals surface area contributed by atoms with Gasteiger partial charge in [-0.05, 0) is 37.1 Å². The molecule has 1 aromatic carbocycles. The van der Waals surface area contributed by atoms with E-state index in [1.165, 1.54) is 0 Å². The van der Waals surface area contributed by atoms with E-state index in [1.54, 1.807) is 36.3 Å². The fourth-order valence-electron chi connectivity index (χ4n) is 3.53. The van der Waals surface area contributed by atoms with Gasteiger partial charge in [0.25, 0.3) is 5.91 Å². The van der Waals surface area contributed by atoms with Gasteiger partial charge in [0.2, 0.25) is 5.91 Å². The van der Waals surface area contributed by atoms with Gasteiger partial charge in [0.05, 0.1) is 17.6 Å². The molecule has 2 heterocycles. The summed E-state index contributed by atoms with van der Waals surface area (Å²) in [5, 5.41) is 0. The molecule has 30 heavy (non-hydrogen) atoms. The normalized spacial score (nSPS) is 10.9. The number of hydrogen-bond donors (Lipinski definition) is 0. The third-order valence-corrected chi connectivity index (χ3v) is 4.98. The number of imidazole rings is 1. The number of carbonyl (C=O) groups excluding carboxylic acids is 2.